The number of aromatic amines is 1. The fourth-order valence-corrected chi connectivity index (χ4v) is 2.54. The Bertz CT molecular complexity index is 790. The van der Waals surface area contributed by atoms with E-state index in [0.717, 1.165) is 41.5 Å². The maximum Gasteiger partial charge on any atom is 0.119 e. The van der Waals surface area contributed by atoms with Crippen LogP contribution in [0.2, 0.25) is 0 Å². The monoisotopic (exact) mass is 311 g/mol. The summed E-state index contributed by atoms with van der Waals surface area (Å²) in [6.45, 7) is 3.53. The van der Waals surface area contributed by atoms with Gasteiger partial charge in [0.1, 0.15) is 5.75 Å². The van der Waals surface area contributed by atoms with Crippen molar-refractivity contribution in [2.24, 2.45) is 7.05 Å². The van der Waals surface area contributed by atoms with E-state index in [-0.39, 0.29) is 0 Å². The summed E-state index contributed by atoms with van der Waals surface area (Å²) in [4.78, 5) is 0. The lowest BCUT2D eigenvalue weighted by atomic mass is 10.1. The number of H-pyrrole nitrogens is 1. The first-order valence-corrected chi connectivity index (χ1v) is 7.54. The van der Waals surface area contributed by atoms with Gasteiger partial charge < -0.3 is 10.1 Å². The number of nitrogens with one attached hydrogen (secondary N) is 2. The third-order valence-corrected chi connectivity index (χ3v) is 3.74. The van der Waals surface area contributed by atoms with Crippen LogP contribution in [0.1, 0.15) is 17.0 Å². The van der Waals surface area contributed by atoms with Gasteiger partial charge in [-0.25, -0.2) is 0 Å². The lowest BCUT2D eigenvalue weighted by molar-refractivity contribution is 0.415. The molecule has 3 aromatic rings. The second kappa shape index (κ2) is 6.66. The molecule has 23 heavy (non-hydrogen) atoms. The van der Waals surface area contributed by atoms with E-state index in [0.29, 0.717) is 0 Å². The van der Waals surface area contributed by atoms with Crippen LogP contribution in [0.25, 0.3) is 11.3 Å². The molecule has 0 bridgehead atoms. The SMILES string of the molecule is COc1cccc(-c2cc(CNCc3cn(C)nc3C)[nH]n2)c1. The summed E-state index contributed by atoms with van der Waals surface area (Å²) in [7, 11) is 3.60. The standard InChI is InChI=1S/C17H21N5O/c1-12-14(11-22(2)21-12)9-18-10-15-8-17(20-19-15)13-5-4-6-16(7-13)23-3/h4-8,11,18H,9-10H2,1-3H3,(H,19,20). The molecule has 2 aromatic heterocycles. The molecule has 0 amide bonds. The van der Waals surface area contributed by atoms with E-state index in [9.17, 15) is 0 Å². The van der Waals surface area contributed by atoms with Gasteiger partial charge in [0.15, 0.2) is 0 Å². The van der Waals surface area contributed by atoms with Gasteiger partial charge in [-0.1, -0.05) is 12.1 Å². The fourth-order valence-electron chi connectivity index (χ4n) is 2.54. The molecule has 0 unspecified atom stereocenters. The summed E-state index contributed by atoms with van der Waals surface area (Å²) >= 11 is 0. The van der Waals surface area contributed by atoms with Crippen LogP contribution < -0.4 is 10.1 Å². The molecule has 2 N–H and O–H groups in total. The van der Waals surface area contributed by atoms with Gasteiger partial charge in [0.05, 0.1) is 18.5 Å². The number of hydrogen-bond acceptors (Lipinski definition) is 4. The number of methoxy groups -OCH3 is 1. The van der Waals surface area contributed by atoms with Crippen molar-refractivity contribution >= 4 is 0 Å². The number of rotatable bonds is 6. The average Bonchev–Trinajstić information content (AvgIpc) is 3.14. The Hall–Kier alpha value is -2.60. The Labute approximate surface area is 135 Å². The zero-order valence-corrected chi connectivity index (χ0v) is 13.6. The predicted octanol–water partition coefficient (Wildman–Crippen LogP) is 2.42. The molecule has 0 spiro atoms. The molecule has 1 aromatic carbocycles. The first-order chi connectivity index (χ1) is 11.2. The summed E-state index contributed by atoms with van der Waals surface area (Å²) in [6.07, 6.45) is 2.04. The van der Waals surface area contributed by atoms with Crippen LogP contribution in [0.15, 0.2) is 36.5 Å². The molecule has 6 nitrogen and oxygen atoms in total. The van der Waals surface area contributed by atoms with Crippen LogP contribution in [-0.4, -0.2) is 27.1 Å². The van der Waals surface area contributed by atoms with Gasteiger partial charge in [-0.2, -0.15) is 10.2 Å². The minimum Gasteiger partial charge on any atom is -0.497 e. The minimum atomic E-state index is 0.727. The Kier molecular flexibility index (Phi) is 4.43. The van der Waals surface area contributed by atoms with Crippen LogP contribution in [0.5, 0.6) is 5.75 Å². The number of benzene rings is 1. The maximum atomic E-state index is 5.25. The molecule has 0 saturated heterocycles. The van der Waals surface area contributed by atoms with Gasteiger partial charge in [0.25, 0.3) is 0 Å². The summed E-state index contributed by atoms with van der Waals surface area (Å²) < 4.78 is 7.09. The van der Waals surface area contributed by atoms with Crippen LogP contribution in [0.4, 0.5) is 0 Å². The maximum absolute atomic E-state index is 5.25. The van der Waals surface area contributed by atoms with Crippen LogP contribution in [0.3, 0.4) is 0 Å². The van der Waals surface area contributed by atoms with E-state index < -0.39 is 0 Å². The number of nitrogens with zero attached hydrogens (tertiary/aromatic N) is 3. The largest absolute Gasteiger partial charge is 0.497 e. The van der Waals surface area contributed by atoms with E-state index in [4.69, 9.17) is 4.74 Å². The molecular weight excluding hydrogens is 290 g/mol. The van der Waals surface area contributed by atoms with Crippen molar-refractivity contribution in [1.29, 1.82) is 0 Å². The predicted molar refractivity (Wildman–Crippen MR) is 89.1 cm³/mol. The van der Waals surface area contributed by atoms with E-state index in [1.54, 1.807) is 7.11 Å². The summed E-state index contributed by atoms with van der Waals surface area (Å²) in [5, 5.41) is 15.2. The molecule has 6 heteroatoms. The van der Waals surface area contributed by atoms with Crippen LogP contribution >= 0.6 is 0 Å². The van der Waals surface area contributed by atoms with Crippen molar-refractivity contribution in [3.05, 3.63) is 53.5 Å². The molecule has 3 rings (SSSR count). The fraction of sp³-hybridized carbons (Fsp3) is 0.294. The van der Waals surface area contributed by atoms with E-state index in [1.807, 2.05) is 49.1 Å². The molecule has 0 fully saturated rings. The normalized spacial score (nSPS) is 10.9. The number of aromatic nitrogens is 4. The molecular formula is C17H21N5O. The molecule has 0 radical (unpaired) electrons. The second-order valence-corrected chi connectivity index (χ2v) is 5.53. The van der Waals surface area contributed by atoms with Crippen molar-refractivity contribution in [3.8, 4) is 17.0 Å². The highest BCUT2D eigenvalue weighted by molar-refractivity contribution is 5.61. The van der Waals surface area contributed by atoms with Gasteiger partial charge in [-0.05, 0) is 25.1 Å². The first-order valence-electron chi connectivity index (χ1n) is 7.54. The van der Waals surface area contributed by atoms with Gasteiger partial charge >= 0.3 is 0 Å². The Morgan fingerprint density at radius 3 is 2.87 bits per heavy atom. The summed E-state index contributed by atoms with van der Waals surface area (Å²) in [5.41, 5.74) is 5.26. The topological polar surface area (TPSA) is 67.8 Å². The second-order valence-electron chi connectivity index (χ2n) is 5.53. The van der Waals surface area contributed by atoms with Crippen molar-refractivity contribution in [2.45, 2.75) is 20.0 Å². The summed E-state index contributed by atoms with van der Waals surface area (Å²) in [5.74, 6) is 0.831. The first kappa shape index (κ1) is 15.3. The zero-order valence-electron chi connectivity index (χ0n) is 13.6. The van der Waals surface area contributed by atoms with Crippen molar-refractivity contribution < 1.29 is 4.74 Å². The third-order valence-electron chi connectivity index (χ3n) is 3.74. The third kappa shape index (κ3) is 3.60. The van der Waals surface area contributed by atoms with Crippen LogP contribution in [0, 0.1) is 6.92 Å². The molecule has 120 valence electrons. The van der Waals surface area contributed by atoms with Gasteiger partial charge in [-0.3, -0.25) is 9.78 Å². The Morgan fingerprint density at radius 1 is 1.26 bits per heavy atom. The highest BCUT2D eigenvalue weighted by atomic mass is 16.5. The minimum absolute atomic E-state index is 0.727. The highest BCUT2D eigenvalue weighted by Gasteiger charge is 2.06. The molecule has 0 aliphatic carbocycles. The highest BCUT2D eigenvalue weighted by Crippen LogP contribution is 2.22. The lowest BCUT2D eigenvalue weighted by Gasteiger charge is -2.02. The number of hydrogen-bond donors (Lipinski definition) is 2. The zero-order chi connectivity index (χ0) is 16.2. The van der Waals surface area contributed by atoms with Crippen molar-refractivity contribution in [2.75, 3.05) is 7.11 Å². The molecule has 0 aliphatic rings. The average molecular weight is 311 g/mol. The van der Waals surface area contributed by atoms with Gasteiger partial charge in [0, 0.05) is 43.2 Å². The van der Waals surface area contributed by atoms with Crippen molar-refractivity contribution in [1.82, 2.24) is 25.3 Å². The molecule has 0 aliphatic heterocycles. The van der Waals surface area contributed by atoms with Gasteiger partial charge in [-0.15, -0.1) is 0 Å². The van der Waals surface area contributed by atoms with E-state index in [1.165, 1.54) is 5.56 Å². The molecule has 2 heterocycles. The lowest BCUT2D eigenvalue weighted by Crippen LogP contribution is -2.13. The van der Waals surface area contributed by atoms with Crippen LogP contribution in [-0.2, 0) is 20.1 Å². The quantitative estimate of drug-likeness (QED) is 0.733. The Morgan fingerprint density at radius 2 is 2.13 bits per heavy atom. The van der Waals surface area contributed by atoms with E-state index >= 15 is 0 Å². The smallest absolute Gasteiger partial charge is 0.119 e. The molecule has 0 atom stereocenters. The van der Waals surface area contributed by atoms with E-state index in [2.05, 4.69) is 26.7 Å². The number of aryl methyl sites for hydroxylation is 2. The molecule has 0 saturated carbocycles. The van der Waals surface area contributed by atoms with Gasteiger partial charge in [0.2, 0.25) is 0 Å². The Balaban J connectivity index is 1.62. The van der Waals surface area contributed by atoms with Crippen molar-refractivity contribution in [3.63, 3.8) is 0 Å². The number of ether oxygens (including phenoxy) is 1. The summed E-state index contributed by atoms with van der Waals surface area (Å²) in [6, 6.07) is 9.94.